The molecule has 1 aromatic carbocycles. The number of amides is 3. The lowest BCUT2D eigenvalue weighted by atomic mass is 9.80. The van der Waals surface area contributed by atoms with E-state index >= 15 is 0 Å². The summed E-state index contributed by atoms with van der Waals surface area (Å²) in [5.41, 5.74) is 6.50. The molecule has 1 saturated carbocycles. The lowest BCUT2D eigenvalue weighted by Crippen LogP contribution is -2.65. The van der Waals surface area contributed by atoms with Gasteiger partial charge in [-0.25, -0.2) is 4.79 Å². The van der Waals surface area contributed by atoms with Gasteiger partial charge in [0, 0.05) is 24.6 Å². The maximum atomic E-state index is 13.2. The fourth-order valence-corrected chi connectivity index (χ4v) is 4.65. The molecule has 3 rings (SSSR count). The SMILES string of the molecule is CC1[C@@H](C(C)(C)C)N(C(=O)O)CCN1C(=O)[C@@H]1C[C@H]1c1ccc(C(N)=O)cc1. The van der Waals surface area contributed by atoms with Crippen LogP contribution in [0.4, 0.5) is 4.79 Å². The van der Waals surface area contributed by atoms with Gasteiger partial charge < -0.3 is 20.6 Å². The Labute approximate surface area is 165 Å². The molecule has 0 spiro atoms. The number of carboxylic acid groups (broad SMARTS) is 1. The highest BCUT2D eigenvalue weighted by Crippen LogP contribution is 2.49. The maximum absolute atomic E-state index is 13.2. The van der Waals surface area contributed by atoms with Gasteiger partial charge in [0.25, 0.3) is 0 Å². The van der Waals surface area contributed by atoms with Crippen molar-refractivity contribution in [3.05, 3.63) is 35.4 Å². The number of benzene rings is 1. The largest absolute Gasteiger partial charge is 0.465 e. The Bertz CT molecular complexity index is 784. The average Bonchev–Trinajstić information content (AvgIpc) is 3.40. The van der Waals surface area contributed by atoms with Gasteiger partial charge in [0.2, 0.25) is 11.8 Å². The summed E-state index contributed by atoms with van der Waals surface area (Å²) in [6, 6.07) is 6.68. The lowest BCUT2D eigenvalue weighted by molar-refractivity contribution is -0.140. The molecule has 2 fully saturated rings. The molecule has 7 nitrogen and oxygen atoms in total. The third-order valence-corrected chi connectivity index (χ3v) is 6.01. The summed E-state index contributed by atoms with van der Waals surface area (Å²) >= 11 is 0. The highest BCUT2D eigenvalue weighted by molar-refractivity contribution is 5.92. The van der Waals surface area contributed by atoms with Crippen LogP contribution in [0.2, 0.25) is 0 Å². The van der Waals surface area contributed by atoms with Crippen molar-refractivity contribution in [2.24, 2.45) is 17.1 Å². The summed E-state index contributed by atoms with van der Waals surface area (Å²) in [6.45, 7) is 8.73. The summed E-state index contributed by atoms with van der Waals surface area (Å²) in [5.74, 6) is -0.310. The van der Waals surface area contributed by atoms with E-state index in [4.69, 9.17) is 5.73 Å². The van der Waals surface area contributed by atoms with Gasteiger partial charge in [-0.2, -0.15) is 0 Å². The molecule has 7 heteroatoms. The second-order valence-electron chi connectivity index (χ2n) is 8.99. The van der Waals surface area contributed by atoms with Gasteiger partial charge in [-0.3, -0.25) is 9.59 Å². The highest BCUT2D eigenvalue weighted by Gasteiger charge is 2.50. The maximum Gasteiger partial charge on any atom is 0.407 e. The second kappa shape index (κ2) is 7.11. The first-order chi connectivity index (χ1) is 13.0. The van der Waals surface area contributed by atoms with E-state index in [1.165, 1.54) is 4.90 Å². The van der Waals surface area contributed by atoms with E-state index in [2.05, 4.69) is 0 Å². The fraction of sp³-hybridized carbons (Fsp3) is 0.571. The van der Waals surface area contributed by atoms with Gasteiger partial charge in [0.05, 0.1) is 12.1 Å². The van der Waals surface area contributed by atoms with Crippen molar-refractivity contribution < 1.29 is 19.5 Å². The van der Waals surface area contributed by atoms with E-state index in [1.54, 1.807) is 12.1 Å². The third-order valence-electron chi connectivity index (χ3n) is 6.01. The lowest BCUT2D eigenvalue weighted by Gasteiger charge is -2.50. The molecule has 0 bridgehead atoms. The van der Waals surface area contributed by atoms with E-state index in [9.17, 15) is 19.5 Å². The second-order valence-corrected chi connectivity index (χ2v) is 8.99. The predicted molar refractivity (Wildman–Crippen MR) is 105 cm³/mol. The minimum atomic E-state index is -0.933. The molecule has 4 atom stereocenters. The minimum absolute atomic E-state index is 0.0844. The third kappa shape index (κ3) is 3.70. The minimum Gasteiger partial charge on any atom is -0.465 e. The molecule has 1 unspecified atom stereocenters. The van der Waals surface area contributed by atoms with E-state index in [0.29, 0.717) is 18.7 Å². The quantitative estimate of drug-likeness (QED) is 0.831. The molecule has 1 aliphatic carbocycles. The van der Waals surface area contributed by atoms with Crippen molar-refractivity contribution in [1.29, 1.82) is 0 Å². The molecular formula is C21H29N3O4. The number of hydrogen-bond donors (Lipinski definition) is 2. The van der Waals surface area contributed by atoms with Gasteiger partial charge in [0.1, 0.15) is 0 Å². The average molecular weight is 387 g/mol. The normalized spacial score (nSPS) is 27.4. The zero-order chi connectivity index (χ0) is 20.8. The number of rotatable bonds is 3. The van der Waals surface area contributed by atoms with E-state index in [1.807, 2.05) is 44.7 Å². The molecule has 0 aromatic heterocycles. The molecule has 0 radical (unpaired) electrons. The number of carbonyl (C=O) groups excluding carboxylic acids is 2. The fourth-order valence-electron chi connectivity index (χ4n) is 4.65. The summed E-state index contributed by atoms with van der Waals surface area (Å²) in [4.78, 5) is 39.4. The molecule has 1 aromatic rings. The highest BCUT2D eigenvalue weighted by atomic mass is 16.4. The number of hydrogen-bond acceptors (Lipinski definition) is 3. The van der Waals surface area contributed by atoms with Crippen LogP contribution in [0.1, 0.15) is 56.0 Å². The molecule has 1 aliphatic heterocycles. The zero-order valence-corrected chi connectivity index (χ0v) is 16.9. The first-order valence-corrected chi connectivity index (χ1v) is 9.72. The van der Waals surface area contributed by atoms with Crippen LogP contribution in [0.15, 0.2) is 24.3 Å². The molecular weight excluding hydrogens is 358 g/mol. The van der Waals surface area contributed by atoms with E-state index in [-0.39, 0.29) is 35.2 Å². The Morgan fingerprint density at radius 3 is 2.14 bits per heavy atom. The molecule has 152 valence electrons. The van der Waals surface area contributed by atoms with Gasteiger partial charge in [-0.1, -0.05) is 32.9 Å². The Morgan fingerprint density at radius 1 is 1.07 bits per heavy atom. The van der Waals surface area contributed by atoms with Crippen molar-refractivity contribution in [2.45, 2.75) is 52.1 Å². The van der Waals surface area contributed by atoms with Gasteiger partial charge in [0.15, 0.2) is 0 Å². The molecule has 3 amide bonds. The van der Waals surface area contributed by atoms with Crippen molar-refractivity contribution in [3.8, 4) is 0 Å². The van der Waals surface area contributed by atoms with Crippen molar-refractivity contribution in [1.82, 2.24) is 9.80 Å². The zero-order valence-electron chi connectivity index (χ0n) is 16.9. The molecule has 2 aliphatic rings. The molecule has 1 saturated heterocycles. The number of nitrogens with two attached hydrogens (primary N) is 1. The van der Waals surface area contributed by atoms with E-state index in [0.717, 1.165) is 12.0 Å². The number of carbonyl (C=O) groups is 3. The molecule has 28 heavy (non-hydrogen) atoms. The van der Waals surface area contributed by atoms with Crippen LogP contribution < -0.4 is 5.73 Å². The summed E-state index contributed by atoms with van der Waals surface area (Å²) in [6.07, 6.45) is -0.154. The van der Waals surface area contributed by atoms with Crippen molar-refractivity contribution in [3.63, 3.8) is 0 Å². The smallest absolute Gasteiger partial charge is 0.407 e. The predicted octanol–water partition coefficient (Wildman–Crippen LogP) is 2.51. The van der Waals surface area contributed by atoms with Crippen molar-refractivity contribution in [2.75, 3.05) is 13.1 Å². The van der Waals surface area contributed by atoms with E-state index < -0.39 is 12.0 Å². The standard InChI is InChI=1S/C21H29N3O4/c1-12-17(21(2,3)4)24(20(27)28)10-9-23(12)19(26)16-11-15(16)13-5-7-14(8-6-13)18(22)25/h5-8,12,15-17H,9-11H2,1-4H3,(H2,22,25)(H,27,28)/t12?,15-,16+,17-/m0/s1. The Balaban J connectivity index is 1.73. The number of primary amides is 1. The van der Waals surface area contributed by atoms with Gasteiger partial charge >= 0.3 is 6.09 Å². The number of piperazine rings is 1. The van der Waals surface area contributed by atoms with Crippen LogP contribution in [0.3, 0.4) is 0 Å². The van der Waals surface area contributed by atoms with Crippen LogP contribution in [0.5, 0.6) is 0 Å². The van der Waals surface area contributed by atoms with Crippen LogP contribution in [0, 0.1) is 11.3 Å². The molecule has 1 heterocycles. The van der Waals surface area contributed by atoms with Crippen molar-refractivity contribution >= 4 is 17.9 Å². The topological polar surface area (TPSA) is 104 Å². The summed E-state index contributed by atoms with van der Waals surface area (Å²) < 4.78 is 0. The first-order valence-electron chi connectivity index (χ1n) is 9.72. The Hall–Kier alpha value is -2.57. The Kier molecular flexibility index (Phi) is 5.12. The first kappa shape index (κ1) is 20.2. The van der Waals surface area contributed by atoms with Crippen LogP contribution >= 0.6 is 0 Å². The summed E-state index contributed by atoms with van der Waals surface area (Å²) in [5, 5.41) is 9.58. The molecule has 3 N–H and O–H groups in total. The van der Waals surface area contributed by atoms with Crippen LogP contribution in [-0.2, 0) is 4.79 Å². The number of nitrogens with zero attached hydrogens (tertiary/aromatic N) is 2. The van der Waals surface area contributed by atoms with Gasteiger partial charge in [-0.15, -0.1) is 0 Å². The Morgan fingerprint density at radius 2 is 1.64 bits per heavy atom. The van der Waals surface area contributed by atoms with Crippen LogP contribution in [-0.4, -0.2) is 58.0 Å². The van der Waals surface area contributed by atoms with Gasteiger partial charge in [-0.05, 0) is 42.4 Å². The van der Waals surface area contributed by atoms with Crippen LogP contribution in [0.25, 0.3) is 0 Å². The monoisotopic (exact) mass is 387 g/mol. The summed E-state index contributed by atoms with van der Waals surface area (Å²) in [7, 11) is 0.